The molecule has 2 aromatic heterocycles. The zero-order chi connectivity index (χ0) is 94.7. The van der Waals surface area contributed by atoms with Crippen molar-refractivity contribution >= 4 is 137 Å². The largest absolute Gasteiger partial charge is 0.309 e. The summed E-state index contributed by atoms with van der Waals surface area (Å²) in [5, 5.41) is 2.56. The Bertz CT molecular complexity index is 8330. The second-order valence-electron chi connectivity index (χ2n) is 39.6. The molecule has 0 amide bonds. The van der Waals surface area contributed by atoms with E-state index in [1.165, 1.54) is 235 Å². The van der Waals surface area contributed by atoms with Gasteiger partial charge < -0.3 is 24.2 Å². The molecule has 0 spiro atoms. The third-order valence-electron chi connectivity index (χ3n) is 30.1. The van der Waals surface area contributed by atoms with Gasteiger partial charge in [0, 0.05) is 112 Å². The molecule has 0 fully saturated rings. The predicted octanol–water partition coefficient (Wildman–Crippen LogP) is 37.5. The molecule has 0 atom stereocenters. The van der Waals surface area contributed by atoms with Crippen molar-refractivity contribution in [2.75, 3.05) is 19.6 Å². The second-order valence-corrected chi connectivity index (χ2v) is 43.8. The van der Waals surface area contributed by atoms with E-state index in [0.29, 0.717) is 0 Å². The molecule has 0 radical (unpaired) electrons. The summed E-state index contributed by atoms with van der Waals surface area (Å²) in [6.45, 7) is 19.0. The van der Waals surface area contributed by atoms with Crippen LogP contribution in [0, 0.1) is 0 Å². The van der Waals surface area contributed by atoms with Crippen LogP contribution < -0.4 is 19.6 Å². The number of para-hydroxylation sites is 7. The van der Waals surface area contributed by atoms with Crippen LogP contribution >= 0.6 is 47.0 Å². The van der Waals surface area contributed by atoms with Crippen LogP contribution in [0.15, 0.2) is 488 Å². The summed E-state index contributed by atoms with van der Waals surface area (Å²) in [5.74, 6) is 0. The van der Waals surface area contributed by atoms with Crippen LogP contribution in [0.25, 0.3) is 94.4 Å². The Morgan fingerprint density at radius 1 is 0.199 bits per heavy atom. The van der Waals surface area contributed by atoms with Crippen LogP contribution in [0.1, 0.15) is 99.9 Å². The van der Waals surface area contributed by atoms with Gasteiger partial charge in [0.25, 0.3) is 0 Å². The van der Waals surface area contributed by atoms with E-state index in [1.54, 1.807) is 0 Å². The summed E-state index contributed by atoms with van der Waals surface area (Å²) in [7, 11) is 0. The van der Waals surface area contributed by atoms with E-state index in [-0.39, 0.29) is 21.7 Å². The number of anilines is 12. The minimum atomic E-state index is -0.0763. The number of benzene rings is 19. The van der Waals surface area contributed by atoms with Gasteiger partial charge in [0.2, 0.25) is 0 Å². The molecule has 10 heteroatoms. The maximum atomic E-state index is 4.60. The molecule has 19 aromatic carbocycles. The van der Waals surface area contributed by atoms with Crippen molar-refractivity contribution in [2.45, 2.75) is 116 Å². The van der Waals surface area contributed by atoms with E-state index in [2.05, 4.69) is 515 Å². The zero-order valence-corrected chi connectivity index (χ0v) is 82.8. The number of fused-ring (bicyclic) bond motifs is 27. The summed E-state index contributed by atoms with van der Waals surface area (Å²) in [5.41, 5.74) is 45.1. The van der Waals surface area contributed by atoms with Gasteiger partial charge >= 0.3 is 0 Å². The van der Waals surface area contributed by atoms with Crippen molar-refractivity contribution in [1.29, 1.82) is 0 Å². The molecular formula is C131H98N6S4. The lowest BCUT2D eigenvalue weighted by Crippen LogP contribution is -2.20. The Morgan fingerprint density at radius 2 is 0.496 bits per heavy atom. The van der Waals surface area contributed by atoms with Gasteiger partial charge in [-0.05, 0) is 252 Å². The fraction of sp³-hybridized carbons (Fsp3) is 0.0916. The lowest BCUT2D eigenvalue weighted by molar-refractivity contribution is 0.646. The van der Waals surface area contributed by atoms with Crippen LogP contribution in [0.3, 0.4) is 0 Å². The van der Waals surface area contributed by atoms with Gasteiger partial charge in [0.15, 0.2) is 0 Å². The van der Waals surface area contributed by atoms with Crippen LogP contribution in [-0.4, -0.2) is 9.55 Å². The SMILES string of the molecule is CC1(C)c2ccccc2-c2ccc3c(c21)Sc1ccc(-c2ccccc2)cc1N3c1ccccc1.CC1(C)c2ccccc2-c2ccc3c(c21)Sc1ccc(-c2ccccn2)cc1N3c1ccccc1.CC1(C)c2ccccc2-c2ccc3c(c21)Sc1ccc(-n2c4ccccc4c4ccccc42)cc1N3c1ccccc1.CC1(C)c2ccccc2-c2ccc3c(c21)Sc1ccccc1N3c1ccccc1. The normalized spacial score (nSPS) is 14.7. The van der Waals surface area contributed by atoms with E-state index in [9.17, 15) is 0 Å². The fourth-order valence-corrected chi connectivity index (χ4v) is 29.0. The third-order valence-corrected chi connectivity index (χ3v) is 34.8. The van der Waals surface area contributed by atoms with Gasteiger partial charge in [-0.3, -0.25) is 4.98 Å². The first kappa shape index (κ1) is 86.1. The molecule has 6 nitrogen and oxygen atoms in total. The Hall–Kier alpha value is -15.3. The lowest BCUT2D eigenvalue weighted by atomic mass is 9.82. The number of hydrogen-bond donors (Lipinski definition) is 0. The highest BCUT2D eigenvalue weighted by Crippen LogP contribution is 2.67. The van der Waals surface area contributed by atoms with Crippen molar-refractivity contribution in [3.8, 4) is 72.6 Å². The molecule has 0 N–H and O–H groups in total. The second kappa shape index (κ2) is 33.8. The van der Waals surface area contributed by atoms with Gasteiger partial charge in [-0.25, -0.2) is 0 Å². The predicted molar refractivity (Wildman–Crippen MR) is 594 cm³/mol. The number of hydrogen-bond acceptors (Lipinski definition) is 9. The number of pyridine rings is 1. The maximum absolute atomic E-state index is 4.60. The summed E-state index contributed by atoms with van der Waals surface area (Å²) in [4.78, 5) is 25.0. The van der Waals surface area contributed by atoms with E-state index >= 15 is 0 Å². The smallest absolute Gasteiger partial charge is 0.0702 e. The maximum Gasteiger partial charge on any atom is 0.0702 e. The first-order valence-electron chi connectivity index (χ1n) is 48.7. The van der Waals surface area contributed by atoms with Crippen LogP contribution in [0.5, 0.6) is 0 Å². The van der Waals surface area contributed by atoms with E-state index in [1.807, 2.05) is 65.4 Å². The lowest BCUT2D eigenvalue weighted by Gasteiger charge is -2.36. The average Bonchev–Trinajstić information content (AvgIpc) is 1.58. The molecule has 21 aromatic rings. The molecule has 8 aliphatic rings. The van der Waals surface area contributed by atoms with E-state index in [4.69, 9.17) is 0 Å². The summed E-state index contributed by atoms with van der Waals surface area (Å²) in [6.07, 6.45) is 1.86. The summed E-state index contributed by atoms with van der Waals surface area (Å²) in [6, 6.07) is 161. The van der Waals surface area contributed by atoms with Gasteiger partial charge in [-0.15, -0.1) is 0 Å². The minimum absolute atomic E-state index is 0.0150. The molecule has 676 valence electrons. The highest BCUT2D eigenvalue weighted by atomic mass is 32.2. The van der Waals surface area contributed by atoms with Crippen molar-refractivity contribution in [2.24, 2.45) is 0 Å². The molecule has 29 rings (SSSR count). The standard InChI is InChI=1S/C39H28N2S.C33H25NS.C32H24N2S.C27H21NS/c1-39(2)31-17-9-6-14-27(31)30-21-22-34-38(37(30)39)42-36-23-20-26(24-35(36)40(34)25-12-4-3-5-13-25)41-32-18-10-7-15-28(32)29-16-8-11-19-33(29)41;1-33(2)27-16-10-9-15-25(27)26-18-19-28-32(31(26)33)35-30-20-17-23(22-11-5-3-6-12-22)21-29(30)34(28)24-13-7-4-8-14-24;1-32(2)25-13-7-6-12-23(25)24-16-17-27-31(30(24)32)35-29-18-15-21(26-14-8-9-19-33-26)20-28(29)34(27)22-10-4-3-5-11-22;1-27(2)21-13-7-6-12-19(21)20-16-17-23-26(25(20)27)29-24-15-9-8-14-22(24)28(23)18-10-4-3-5-11-18/h3-24H,1-2H3;3-21H,1-2H3;3-20H,1-2H3;3-17H,1-2H3. The quantitative estimate of drug-likeness (QED) is 0.155. The molecule has 0 saturated heterocycles. The Morgan fingerprint density at radius 3 is 0.879 bits per heavy atom. The molecule has 0 bridgehead atoms. The van der Waals surface area contributed by atoms with Gasteiger partial charge in [-0.1, -0.05) is 394 Å². The molecular weight excluding hydrogens is 1790 g/mol. The molecule has 4 aliphatic carbocycles. The summed E-state index contributed by atoms with van der Waals surface area (Å²) >= 11 is 7.66. The minimum Gasteiger partial charge on any atom is -0.309 e. The van der Waals surface area contributed by atoms with Crippen molar-refractivity contribution in [3.05, 3.63) is 494 Å². The van der Waals surface area contributed by atoms with Crippen LogP contribution in [-0.2, 0) is 21.7 Å². The Kier molecular flexibility index (Phi) is 20.6. The van der Waals surface area contributed by atoms with Gasteiger partial charge in [0.1, 0.15) is 0 Å². The molecule has 141 heavy (non-hydrogen) atoms. The first-order valence-corrected chi connectivity index (χ1v) is 52.0. The van der Waals surface area contributed by atoms with Crippen molar-refractivity contribution < 1.29 is 0 Å². The Labute approximate surface area is 841 Å². The molecule has 4 aliphatic heterocycles. The fourth-order valence-electron chi connectivity index (χ4n) is 23.6. The highest BCUT2D eigenvalue weighted by molar-refractivity contribution is 8.00. The van der Waals surface area contributed by atoms with Crippen LogP contribution in [0.2, 0.25) is 0 Å². The summed E-state index contributed by atoms with van der Waals surface area (Å²) < 4.78 is 2.41. The van der Waals surface area contributed by atoms with Gasteiger partial charge in [-0.2, -0.15) is 0 Å². The van der Waals surface area contributed by atoms with Crippen molar-refractivity contribution in [1.82, 2.24) is 9.55 Å². The van der Waals surface area contributed by atoms with Crippen LogP contribution in [0.4, 0.5) is 68.2 Å². The molecule has 0 unspecified atom stereocenters. The third kappa shape index (κ3) is 13.8. The average molecular weight is 1880 g/mol. The highest BCUT2D eigenvalue weighted by Gasteiger charge is 2.47. The van der Waals surface area contributed by atoms with Gasteiger partial charge in [0.05, 0.1) is 62.2 Å². The van der Waals surface area contributed by atoms with E-state index in [0.717, 1.165) is 11.3 Å². The topological polar surface area (TPSA) is 30.8 Å². The molecule has 0 saturated carbocycles. The zero-order valence-electron chi connectivity index (χ0n) is 79.5. The van der Waals surface area contributed by atoms with Crippen molar-refractivity contribution in [3.63, 3.8) is 0 Å². The number of nitrogens with zero attached hydrogens (tertiary/aromatic N) is 6. The number of aromatic nitrogens is 2. The Balaban J connectivity index is 0.0000000973. The van der Waals surface area contributed by atoms with E-state index < -0.39 is 0 Å². The number of rotatable bonds is 7. The molecule has 6 heterocycles. The monoisotopic (exact) mass is 1880 g/mol. The first-order chi connectivity index (χ1) is 69.0.